The first-order valence-corrected chi connectivity index (χ1v) is 6.63. The zero-order chi connectivity index (χ0) is 13.2. The van der Waals surface area contributed by atoms with Gasteiger partial charge in [-0.2, -0.15) is 0 Å². The summed E-state index contributed by atoms with van der Waals surface area (Å²) in [6.07, 6.45) is 3.95. The zero-order valence-electron chi connectivity index (χ0n) is 11.0. The van der Waals surface area contributed by atoms with Gasteiger partial charge >= 0.3 is 0 Å². The zero-order valence-corrected chi connectivity index (χ0v) is 11.0. The molecule has 2 aromatic rings. The molecule has 0 N–H and O–H groups in total. The molecule has 1 aromatic carbocycles. The Balaban J connectivity index is 1.91. The van der Waals surface area contributed by atoms with E-state index in [0.717, 1.165) is 43.0 Å². The largest absolute Gasteiger partial charge is 0.381 e. The lowest BCUT2D eigenvalue weighted by atomic mass is 10.1. The van der Waals surface area contributed by atoms with E-state index in [1.54, 1.807) is 12.1 Å². The fraction of sp³-hybridized carbons (Fsp3) is 0.400. The highest BCUT2D eigenvalue weighted by molar-refractivity contribution is 5.61. The summed E-state index contributed by atoms with van der Waals surface area (Å²) in [5, 5.41) is 0. The number of hydrogen-bond acceptors (Lipinski definition) is 2. The van der Waals surface area contributed by atoms with E-state index in [9.17, 15) is 4.39 Å². The first-order valence-electron chi connectivity index (χ1n) is 6.63. The molecule has 0 spiro atoms. The van der Waals surface area contributed by atoms with Crippen LogP contribution in [-0.2, 0) is 4.74 Å². The second-order valence-electron chi connectivity index (χ2n) is 4.94. The molecule has 0 aliphatic carbocycles. The second-order valence-corrected chi connectivity index (χ2v) is 4.94. The molecule has 3 rings (SSSR count). The molecule has 0 amide bonds. The molecule has 4 heteroatoms. The van der Waals surface area contributed by atoms with Crippen molar-refractivity contribution in [1.29, 1.82) is 0 Å². The van der Waals surface area contributed by atoms with Gasteiger partial charge < -0.3 is 9.30 Å². The predicted octanol–water partition coefficient (Wildman–Crippen LogP) is 3.35. The Kier molecular flexibility index (Phi) is 3.34. The maximum Gasteiger partial charge on any atom is 0.123 e. The molecule has 2 heterocycles. The number of aromatic nitrogens is 2. The highest BCUT2D eigenvalue weighted by Crippen LogP contribution is 2.28. The van der Waals surface area contributed by atoms with Gasteiger partial charge in [-0.1, -0.05) is 0 Å². The summed E-state index contributed by atoms with van der Waals surface area (Å²) in [5.41, 5.74) is 3.04. The van der Waals surface area contributed by atoms with Crippen molar-refractivity contribution in [2.75, 3.05) is 13.2 Å². The van der Waals surface area contributed by atoms with E-state index in [1.165, 1.54) is 12.1 Å². The van der Waals surface area contributed by atoms with E-state index in [-0.39, 0.29) is 5.82 Å². The third kappa shape index (κ3) is 2.40. The SMILES string of the molecule is Cc1c(-c2ccc(F)cc2)ncn1C1CCOCC1. The lowest BCUT2D eigenvalue weighted by molar-refractivity contribution is 0.0691. The van der Waals surface area contributed by atoms with Gasteiger partial charge in [-0.3, -0.25) is 0 Å². The maximum atomic E-state index is 13.0. The third-order valence-corrected chi connectivity index (χ3v) is 3.74. The first kappa shape index (κ1) is 12.4. The Morgan fingerprint density at radius 2 is 1.89 bits per heavy atom. The molecular formula is C15H17FN2O. The number of ether oxygens (including phenoxy) is 1. The van der Waals surface area contributed by atoms with Crippen LogP contribution in [0, 0.1) is 12.7 Å². The summed E-state index contributed by atoms with van der Waals surface area (Å²) in [4.78, 5) is 4.49. The standard InChI is InChI=1S/C15H17FN2O/c1-11-15(12-2-4-13(16)5-3-12)17-10-18(11)14-6-8-19-9-7-14/h2-5,10,14H,6-9H2,1H3. The van der Waals surface area contributed by atoms with Crippen molar-refractivity contribution >= 4 is 0 Å². The van der Waals surface area contributed by atoms with Gasteiger partial charge in [-0.25, -0.2) is 9.37 Å². The average Bonchev–Trinajstić information content (AvgIpc) is 2.83. The lowest BCUT2D eigenvalue weighted by Gasteiger charge is -2.24. The van der Waals surface area contributed by atoms with Gasteiger partial charge in [0.2, 0.25) is 0 Å². The fourth-order valence-corrected chi connectivity index (χ4v) is 2.64. The van der Waals surface area contributed by atoms with Gasteiger partial charge in [-0.15, -0.1) is 0 Å². The molecule has 19 heavy (non-hydrogen) atoms. The van der Waals surface area contributed by atoms with Crippen LogP contribution in [-0.4, -0.2) is 22.8 Å². The minimum absolute atomic E-state index is 0.217. The highest BCUT2D eigenvalue weighted by Gasteiger charge is 2.19. The van der Waals surface area contributed by atoms with Crippen molar-refractivity contribution in [3.8, 4) is 11.3 Å². The van der Waals surface area contributed by atoms with Crippen molar-refractivity contribution in [2.45, 2.75) is 25.8 Å². The van der Waals surface area contributed by atoms with E-state index in [4.69, 9.17) is 4.74 Å². The molecule has 1 fully saturated rings. The van der Waals surface area contributed by atoms with Gasteiger partial charge in [0, 0.05) is 30.5 Å². The molecular weight excluding hydrogens is 243 g/mol. The number of hydrogen-bond donors (Lipinski definition) is 0. The first-order chi connectivity index (χ1) is 9.25. The van der Waals surface area contributed by atoms with Crippen LogP contribution in [0.4, 0.5) is 4.39 Å². The van der Waals surface area contributed by atoms with Crippen LogP contribution in [0.1, 0.15) is 24.6 Å². The quantitative estimate of drug-likeness (QED) is 0.828. The Hall–Kier alpha value is -1.68. The van der Waals surface area contributed by atoms with Crippen molar-refractivity contribution < 1.29 is 9.13 Å². The van der Waals surface area contributed by atoms with Gasteiger partial charge in [0.15, 0.2) is 0 Å². The van der Waals surface area contributed by atoms with Crippen LogP contribution < -0.4 is 0 Å². The minimum Gasteiger partial charge on any atom is -0.381 e. The van der Waals surface area contributed by atoms with Crippen LogP contribution in [0.5, 0.6) is 0 Å². The smallest absolute Gasteiger partial charge is 0.123 e. The van der Waals surface area contributed by atoms with Crippen molar-refractivity contribution in [3.63, 3.8) is 0 Å². The number of halogens is 1. The van der Waals surface area contributed by atoms with E-state index in [2.05, 4.69) is 16.5 Å². The predicted molar refractivity (Wildman–Crippen MR) is 71.4 cm³/mol. The van der Waals surface area contributed by atoms with E-state index in [0.29, 0.717) is 6.04 Å². The Morgan fingerprint density at radius 1 is 1.21 bits per heavy atom. The summed E-state index contributed by atoms with van der Waals surface area (Å²) in [6.45, 7) is 3.70. The third-order valence-electron chi connectivity index (χ3n) is 3.74. The Morgan fingerprint density at radius 3 is 2.58 bits per heavy atom. The lowest BCUT2D eigenvalue weighted by Crippen LogP contribution is -2.19. The monoisotopic (exact) mass is 260 g/mol. The molecule has 1 aliphatic heterocycles. The molecule has 0 saturated carbocycles. The summed E-state index contributed by atoms with van der Waals surface area (Å²) in [7, 11) is 0. The van der Waals surface area contributed by atoms with Crippen molar-refractivity contribution in [2.24, 2.45) is 0 Å². The van der Waals surface area contributed by atoms with Gasteiger partial charge in [0.05, 0.1) is 12.0 Å². The van der Waals surface area contributed by atoms with Crippen LogP contribution in [0.25, 0.3) is 11.3 Å². The maximum absolute atomic E-state index is 13.0. The fourth-order valence-electron chi connectivity index (χ4n) is 2.64. The number of rotatable bonds is 2. The van der Waals surface area contributed by atoms with Crippen molar-refractivity contribution in [1.82, 2.24) is 9.55 Å². The molecule has 1 saturated heterocycles. The van der Waals surface area contributed by atoms with Crippen LogP contribution in [0.3, 0.4) is 0 Å². The molecule has 0 radical (unpaired) electrons. The van der Waals surface area contributed by atoms with Crippen molar-refractivity contribution in [3.05, 3.63) is 42.1 Å². The minimum atomic E-state index is -0.217. The molecule has 1 aliphatic rings. The number of imidazole rings is 1. The number of benzene rings is 1. The van der Waals surface area contributed by atoms with Crippen LogP contribution in [0.2, 0.25) is 0 Å². The van der Waals surface area contributed by atoms with Crippen LogP contribution in [0.15, 0.2) is 30.6 Å². The Labute approximate surface area is 112 Å². The summed E-state index contributed by atoms with van der Waals surface area (Å²) < 4.78 is 20.6. The molecule has 3 nitrogen and oxygen atoms in total. The second kappa shape index (κ2) is 5.13. The topological polar surface area (TPSA) is 27.1 Å². The van der Waals surface area contributed by atoms with E-state index < -0.39 is 0 Å². The summed E-state index contributed by atoms with van der Waals surface area (Å²) in [6, 6.07) is 6.97. The van der Waals surface area contributed by atoms with Gasteiger partial charge in [-0.05, 0) is 44.0 Å². The van der Waals surface area contributed by atoms with Gasteiger partial charge in [0.25, 0.3) is 0 Å². The van der Waals surface area contributed by atoms with Gasteiger partial charge in [0.1, 0.15) is 5.82 Å². The molecule has 1 aromatic heterocycles. The normalized spacial score (nSPS) is 16.7. The van der Waals surface area contributed by atoms with E-state index >= 15 is 0 Å². The summed E-state index contributed by atoms with van der Waals surface area (Å²) >= 11 is 0. The van der Waals surface area contributed by atoms with E-state index in [1.807, 2.05) is 6.33 Å². The van der Waals surface area contributed by atoms with Crippen LogP contribution >= 0.6 is 0 Å². The highest BCUT2D eigenvalue weighted by atomic mass is 19.1. The molecule has 0 atom stereocenters. The molecule has 100 valence electrons. The molecule has 0 unspecified atom stereocenters. The molecule has 0 bridgehead atoms. The number of nitrogens with zero attached hydrogens (tertiary/aromatic N) is 2. The summed E-state index contributed by atoms with van der Waals surface area (Å²) in [5.74, 6) is -0.217. The average molecular weight is 260 g/mol. The Bertz CT molecular complexity index is 556.